The van der Waals surface area contributed by atoms with E-state index in [1.807, 2.05) is 0 Å². The molecule has 3 heterocycles. The number of rotatable bonds is 7. The van der Waals surface area contributed by atoms with Gasteiger partial charge in [-0.2, -0.15) is 0 Å². The van der Waals surface area contributed by atoms with E-state index in [-0.39, 0.29) is 0 Å². The molecule has 27 heavy (non-hydrogen) atoms. The number of furan rings is 1. The zero-order valence-electron chi connectivity index (χ0n) is 16.7. The molecule has 148 valence electrons. The molecule has 7 heteroatoms. The lowest BCUT2D eigenvalue weighted by atomic mass is 9.97. The zero-order valence-corrected chi connectivity index (χ0v) is 16.7. The third kappa shape index (κ3) is 4.24. The summed E-state index contributed by atoms with van der Waals surface area (Å²) >= 11 is 0. The number of aromatic nitrogens is 2. The Kier molecular flexibility index (Phi) is 6.31. The van der Waals surface area contributed by atoms with E-state index in [2.05, 4.69) is 34.0 Å². The van der Waals surface area contributed by atoms with E-state index < -0.39 is 5.97 Å². The van der Waals surface area contributed by atoms with Gasteiger partial charge in [-0.15, -0.1) is 0 Å². The summed E-state index contributed by atoms with van der Waals surface area (Å²) in [5, 5.41) is 3.97. The Morgan fingerprint density at radius 1 is 1.33 bits per heavy atom. The van der Waals surface area contributed by atoms with E-state index in [1.54, 1.807) is 13.8 Å². The Balaban J connectivity index is 1.69. The van der Waals surface area contributed by atoms with Gasteiger partial charge in [-0.05, 0) is 47.0 Å². The fourth-order valence-corrected chi connectivity index (χ4v) is 4.01. The molecule has 1 aliphatic rings. The van der Waals surface area contributed by atoms with Gasteiger partial charge in [-0.1, -0.05) is 6.42 Å². The van der Waals surface area contributed by atoms with Crippen LogP contribution in [0.3, 0.4) is 0 Å². The Morgan fingerprint density at radius 2 is 2.07 bits per heavy atom. The Hall–Kier alpha value is -2.15. The van der Waals surface area contributed by atoms with Crippen LogP contribution in [0.15, 0.2) is 10.7 Å². The number of nitrogens with one attached hydrogen (secondary N) is 1. The quantitative estimate of drug-likeness (QED) is 0.583. The van der Waals surface area contributed by atoms with Crippen LogP contribution >= 0.6 is 0 Å². The van der Waals surface area contributed by atoms with Gasteiger partial charge in [0.15, 0.2) is 0 Å². The van der Waals surface area contributed by atoms with Crippen LogP contribution in [0.1, 0.15) is 62.6 Å². The fourth-order valence-electron chi connectivity index (χ4n) is 4.01. The van der Waals surface area contributed by atoms with Gasteiger partial charge >= 0.3 is 5.97 Å². The molecule has 0 saturated carbocycles. The molecule has 0 unspecified atom stereocenters. The van der Waals surface area contributed by atoms with Gasteiger partial charge in [0.2, 0.25) is 5.71 Å². The highest BCUT2D eigenvalue weighted by Gasteiger charge is 2.25. The second-order valence-corrected chi connectivity index (χ2v) is 7.30. The number of nitrogens with zero attached hydrogens (tertiary/aromatic N) is 3. The third-order valence-corrected chi connectivity index (χ3v) is 5.41. The number of hydrogen-bond acceptors (Lipinski definition) is 7. The molecule has 2 aromatic heterocycles. The van der Waals surface area contributed by atoms with Gasteiger partial charge in [0, 0.05) is 25.2 Å². The number of carbonyl (C=O) groups is 1. The van der Waals surface area contributed by atoms with E-state index in [9.17, 15) is 4.79 Å². The number of likely N-dealkylation sites (tertiary alicyclic amines) is 1. The second-order valence-electron chi connectivity index (χ2n) is 7.30. The maximum atomic E-state index is 12.3. The van der Waals surface area contributed by atoms with Crippen LogP contribution < -0.4 is 5.32 Å². The van der Waals surface area contributed by atoms with Gasteiger partial charge in [-0.25, -0.2) is 14.8 Å². The van der Waals surface area contributed by atoms with Crippen LogP contribution in [-0.4, -0.2) is 52.6 Å². The Labute approximate surface area is 160 Å². The molecule has 2 atom stereocenters. The Bertz CT molecular complexity index is 779. The van der Waals surface area contributed by atoms with Crippen molar-refractivity contribution in [2.45, 2.75) is 65.5 Å². The van der Waals surface area contributed by atoms with Crippen molar-refractivity contribution in [3.8, 4) is 0 Å². The lowest BCUT2D eigenvalue weighted by Gasteiger charge is -2.39. The van der Waals surface area contributed by atoms with Gasteiger partial charge in [-0.3, -0.25) is 4.90 Å². The van der Waals surface area contributed by atoms with Crippen LogP contribution in [0.2, 0.25) is 0 Å². The number of carbonyl (C=O) groups excluding carboxylic acids is 1. The maximum Gasteiger partial charge on any atom is 0.342 e. The number of esters is 1. The van der Waals surface area contributed by atoms with Crippen LogP contribution in [0.4, 0.5) is 5.82 Å². The van der Waals surface area contributed by atoms with E-state index in [4.69, 9.17) is 9.15 Å². The van der Waals surface area contributed by atoms with Crippen molar-refractivity contribution in [2.24, 2.45) is 0 Å². The van der Waals surface area contributed by atoms with Crippen molar-refractivity contribution in [3.05, 3.63) is 17.7 Å². The largest absolute Gasteiger partial charge is 0.462 e. The van der Waals surface area contributed by atoms with Crippen molar-refractivity contribution in [3.63, 3.8) is 0 Å². The second kappa shape index (κ2) is 8.69. The number of piperidine rings is 1. The Morgan fingerprint density at radius 3 is 2.78 bits per heavy atom. The molecule has 0 amide bonds. The molecular formula is C20H30N4O3. The predicted octanol–water partition coefficient (Wildman–Crippen LogP) is 3.77. The summed E-state index contributed by atoms with van der Waals surface area (Å²) in [6, 6.07) is 1.29. The smallest absolute Gasteiger partial charge is 0.342 e. The van der Waals surface area contributed by atoms with Crippen LogP contribution in [0, 0.1) is 6.92 Å². The molecule has 0 radical (unpaired) electrons. The van der Waals surface area contributed by atoms with E-state index >= 15 is 0 Å². The lowest BCUT2D eigenvalue weighted by Crippen LogP contribution is -2.44. The summed E-state index contributed by atoms with van der Waals surface area (Å²) in [7, 11) is 0. The van der Waals surface area contributed by atoms with Gasteiger partial charge in [0.25, 0.3) is 0 Å². The number of anilines is 1. The van der Waals surface area contributed by atoms with E-state index in [0.29, 0.717) is 46.9 Å². The fraction of sp³-hybridized carbons (Fsp3) is 0.650. The molecule has 0 aromatic carbocycles. The first-order valence-corrected chi connectivity index (χ1v) is 9.93. The molecule has 3 rings (SSSR count). The zero-order chi connectivity index (χ0) is 19.4. The topological polar surface area (TPSA) is 80.5 Å². The molecule has 2 aromatic rings. The van der Waals surface area contributed by atoms with Crippen LogP contribution in [-0.2, 0) is 4.74 Å². The van der Waals surface area contributed by atoms with Crippen LogP contribution in [0.25, 0.3) is 11.1 Å². The summed E-state index contributed by atoms with van der Waals surface area (Å²) in [6.45, 7) is 10.3. The van der Waals surface area contributed by atoms with Gasteiger partial charge in [0.05, 0.1) is 12.0 Å². The predicted molar refractivity (Wildman–Crippen MR) is 105 cm³/mol. The van der Waals surface area contributed by atoms with Crippen molar-refractivity contribution >= 4 is 22.9 Å². The van der Waals surface area contributed by atoms with Crippen molar-refractivity contribution in [1.82, 2.24) is 14.9 Å². The average Bonchev–Trinajstić information content (AvgIpc) is 2.97. The van der Waals surface area contributed by atoms with Crippen LogP contribution in [0.5, 0.6) is 0 Å². The molecule has 1 aliphatic heterocycles. The lowest BCUT2D eigenvalue weighted by molar-refractivity contribution is 0.0526. The first kappa shape index (κ1) is 19.6. The highest BCUT2D eigenvalue weighted by molar-refractivity contribution is 6.07. The molecule has 7 nitrogen and oxygen atoms in total. The molecule has 0 bridgehead atoms. The molecule has 0 aliphatic carbocycles. The number of hydrogen-bond donors (Lipinski definition) is 1. The monoisotopic (exact) mass is 374 g/mol. The van der Waals surface area contributed by atoms with Gasteiger partial charge in [0.1, 0.15) is 23.5 Å². The van der Waals surface area contributed by atoms with Crippen molar-refractivity contribution < 1.29 is 13.9 Å². The SMILES string of the molecule is CCOC(=O)c1c(C)oc2ncnc(NCCCN3[C@H](C)CCC[C@@H]3C)c12. The minimum atomic E-state index is -0.400. The average molecular weight is 374 g/mol. The number of ether oxygens (including phenoxy) is 1. The van der Waals surface area contributed by atoms with Crippen molar-refractivity contribution in [2.75, 3.05) is 25.0 Å². The standard InChI is InChI=1S/C20H30N4O3/c1-5-26-20(25)16-15(4)27-19-17(16)18(22-12-23-19)21-10-7-11-24-13(2)8-6-9-14(24)3/h12-14H,5-11H2,1-4H3,(H,21,22,23)/t13-,14+. The molecule has 1 saturated heterocycles. The maximum absolute atomic E-state index is 12.3. The van der Waals surface area contributed by atoms with E-state index in [0.717, 1.165) is 19.5 Å². The highest BCUT2D eigenvalue weighted by atomic mass is 16.5. The summed E-state index contributed by atoms with van der Waals surface area (Å²) < 4.78 is 10.8. The number of fused-ring (bicyclic) bond motifs is 1. The highest BCUT2D eigenvalue weighted by Crippen LogP contribution is 2.29. The normalized spacial score (nSPS) is 20.7. The summed E-state index contributed by atoms with van der Waals surface area (Å²) in [4.78, 5) is 23.4. The van der Waals surface area contributed by atoms with Gasteiger partial charge < -0.3 is 14.5 Å². The summed E-state index contributed by atoms with van der Waals surface area (Å²) in [5.41, 5.74) is 0.819. The third-order valence-electron chi connectivity index (χ3n) is 5.41. The minimum Gasteiger partial charge on any atom is -0.462 e. The van der Waals surface area contributed by atoms with Crippen molar-refractivity contribution in [1.29, 1.82) is 0 Å². The molecule has 1 fully saturated rings. The first-order chi connectivity index (χ1) is 13.0. The van der Waals surface area contributed by atoms with E-state index in [1.165, 1.54) is 25.6 Å². The summed E-state index contributed by atoms with van der Waals surface area (Å²) in [6.07, 6.45) is 6.35. The molecular weight excluding hydrogens is 344 g/mol. The summed E-state index contributed by atoms with van der Waals surface area (Å²) in [5.74, 6) is 0.727. The minimum absolute atomic E-state index is 0.313. The number of aryl methyl sites for hydroxylation is 1. The first-order valence-electron chi connectivity index (χ1n) is 9.93. The molecule has 1 N–H and O–H groups in total. The molecule has 0 spiro atoms.